The second-order valence-corrected chi connectivity index (χ2v) is 22.7. The van der Waals surface area contributed by atoms with E-state index in [1.54, 1.807) is 0 Å². The van der Waals surface area contributed by atoms with Gasteiger partial charge in [-0.05, 0) is 96.3 Å². The molecule has 0 aromatic rings. The maximum absolute atomic E-state index is 12.9. The van der Waals surface area contributed by atoms with Gasteiger partial charge in [0.05, 0.1) is 34.4 Å². The van der Waals surface area contributed by atoms with Crippen molar-refractivity contribution in [2.24, 2.45) is 0 Å². The van der Waals surface area contributed by atoms with Gasteiger partial charge < -0.3 is 28.5 Å². The van der Waals surface area contributed by atoms with Gasteiger partial charge >= 0.3 is 17.9 Å². The average Bonchev–Trinajstić information content (AvgIpc) is 3.42. The highest BCUT2D eigenvalue weighted by Gasteiger charge is 2.25. The maximum atomic E-state index is 12.9. The van der Waals surface area contributed by atoms with Gasteiger partial charge in [-0.2, -0.15) is 0 Å². The first-order valence-electron chi connectivity index (χ1n) is 32.4. The second-order valence-electron chi connectivity index (χ2n) is 22.7. The number of carbonyl (C=O) groups excluding carboxylic acids is 2. The summed E-state index contributed by atoms with van der Waals surface area (Å²) in [6.07, 6.45) is 79.2. The second kappa shape index (κ2) is 60.3. The molecule has 1 N–H and O–H groups in total. The summed E-state index contributed by atoms with van der Waals surface area (Å²) >= 11 is 0. The Bertz CT molecular complexity index is 1620. The Morgan fingerprint density at radius 2 is 0.722 bits per heavy atom. The van der Waals surface area contributed by atoms with E-state index in [4.69, 9.17) is 18.9 Å². The molecule has 0 aliphatic carbocycles. The van der Waals surface area contributed by atoms with E-state index in [2.05, 4.69) is 111 Å². The molecule has 0 amide bonds. The van der Waals surface area contributed by atoms with Gasteiger partial charge in [0, 0.05) is 12.8 Å². The molecule has 0 saturated carbocycles. The number of likely N-dealkylation sites (N-methyl/N-ethyl adjacent to an activating group) is 1. The molecule has 0 bridgehead atoms. The molecule has 9 nitrogen and oxygen atoms in total. The summed E-state index contributed by atoms with van der Waals surface area (Å²) in [6.45, 7) is 4.77. The van der Waals surface area contributed by atoms with E-state index in [-0.39, 0.29) is 32.2 Å². The van der Waals surface area contributed by atoms with Crippen molar-refractivity contribution in [2.45, 2.75) is 283 Å². The smallest absolute Gasteiger partial charge is 0.361 e. The third-order valence-electron chi connectivity index (χ3n) is 13.8. The molecule has 0 aliphatic heterocycles. The van der Waals surface area contributed by atoms with Crippen LogP contribution in [0.3, 0.4) is 0 Å². The quantitative estimate of drug-likeness (QED) is 0.0211. The van der Waals surface area contributed by atoms with Crippen molar-refractivity contribution in [3.63, 3.8) is 0 Å². The van der Waals surface area contributed by atoms with Gasteiger partial charge in [0.15, 0.2) is 6.10 Å². The molecule has 0 aromatic carbocycles. The van der Waals surface area contributed by atoms with Crippen LogP contribution in [0.4, 0.5) is 0 Å². The number of allylic oxidation sites excluding steroid dienone is 16. The van der Waals surface area contributed by atoms with Crippen molar-refractivity contribution >= 4 is 17.9 Å². The molecule has 0 saturated heterocycles. The molecule has 0 aliphatic rings. The van der Waals surface area contributed by atoms with Gasteiger partial charge in [0.1, 0.15) is 13.2 Å². The first-order valence-corrected chi connectivity index (χ1v) is 32.4. The number of quaternary nitrogens is 1. The normalized spacial score (nSPS) is 13.4. The predicted octanol–water partition coefficient (Wildman–Crippen LogP) is 19.7. The largest absolute Gasteiger partial charge is 0.477 e. The summed E-state index contributed by atoms with van der Waals surface area (Å²) in [7, 11) is 5.97. The van der Waals surface area contributed by atoms with Crippen molar-refractivity contribution < 1.29 is 42.9 Å². The number of carboxylic acid groups (broad SMARTS) is 1. The topological polar surface area (TPSA) is 108 Å². The summed E-state index contributed by atoms with van der Waals surface area (Å²) in [4.78, 5) is 37.6. The van der Waals surface area contributed by atoms with E-state index >= 15 is 0 Å². The lowest BCUT2D eigenvalue weighted by Crippen LogP contribution is -2.40. The molecule has 0 aromatic heterocycles. The van der Waals surface area contributed by atoms with Crippen LogP contribution in [0, 0.1) is 0 Å². The molecular weight excluding hydrogens is 983 g/mol. The Hall–Kier alpha value is -3.79. The molecule has 0 heterocycles. The fraction of sp³-hybridized carbons (Fsp3) is 0.729. The van der Waals surface area contributed by atoms with Crippen LogP contribution in [0.25, 0.3) is 0 Å². The van der Waals surface area contributed by atoms with Gasteiger partial charge in [0.25, 0.3) is 6.29 Å². The lowest BCUT2D eigenvalue weighted by molar-refractivity contribution is -0.870. The minimum absolute atomic E-state index is 0.181. The SMILES string of the molecule is CC/C=C\C/C=C\C/C=C\C/C=C\C/C=C\C/C=C\C/C=C\CCCCCCCCCC(=O)OC(COC(=O)CCCCCCCCCCCCCCC/C=C\CCCCCCCCCC)COC(OCC[N+](C)(C)C)C(=O)O. The molecule has 2 atom stereocenters. The van der Waals surface area contributed by atoms with E-state index in [1.807, 2.05) is 21.1 Å². The number of esters is 2. The molecule has 0 rings (SSSR count). The Balaban J connectivity index is 4.23. The third kappa shape index (κ3) is 61.7. The van der Waals surface area contributed by atoms with Crippen molar-refractivity contribution in [1.82, 2.24) is 0 Å². The van der Waals surface area contributed by atoms with E-state index in [1.165, 1.54) is 148 Å². The number of carbonyl (C=O) groups is 3. The molecule has 9 heteroatoms. The molecule has 2 unspecified atom stereocenters. The monoisotopic (exact) mass is 1100 g/mol. The number of rotatable bonds is 59. The molecule has 0 radical (unpaired) electrons. The molecular formula is C70H122NO8+. The lowest BCUT2D eigenvalue weighted by atomic mass is 10.0. The summed E-state index contributed by atoms with van der Waals surface area (Å²) < 4.78 is 22.9. The van der Waals surface area contributed by atoms with E-state index in [9.17, 15) is 19.5 Å². The standard InChI is InChI=1S/C70H121NO8/c1-6-8-10-12-14-16-18-20-22-24-26-28-30-32-33-34-35-37-39-41-43-45-47-49-51-53-55-57-59-61-68(73)79-66(65-78-70(69(74)75)76-63-62-71(3,4)5)64-77-67(72)60-58-56-54-52-50-48-46-44-42-40-38-36-31-29-27-25-23-21-19-17-15-13-11-9-7-2/h8,10,14,16,20,22,25-28,32-33,35,37,41,43,66,70H,6-7,9,11-13,15,17-19,21,23-24,29-31,34,36,38-40,42,44-65H2,1-5H3/p+1/b10-8-,16-14-,22-20-,27-25-,28-26-,33-32-,37-35-,43-41-. The number of nitrogens with zero attached hydrogens (tertiary/aromatic N) is 1. The van der Waals surface area contributed by atoms with Gasteiger partial charge in [-0.25, -0.2) is 4.79 Å². The van der Waals surface area contributed by atoms with Crippen LogP contribution in [0.5, 0.6) is 0 Å². The maximum Gasteiger partial charge on any atom is 0.361 e. The molecule has 79 heavy (non-hydrogen) atoms. The summed E-state index contributed by atoms with van der Waals surface area (Å²) in [5, 5.41) is 9.73. The average molecular weight is 1110 g/mol. The van der Waals surface area contributed by atoms with Gasteiger partial charge in [-0.3, -0.25) is 9.59 Å². The van der Waals surface area contributed by atoms with Crippen LogP contribution in [0.15, 0.2) is 97.2 Å². The zero-order valence-corrected chi connectivity index (χ0v) is 51.8. The van der Waals surface area contributed by atoms with Crippen LogP contribution in [0.2, 0.25) is 0 Å². The zero-order valence-electron chi connectivity index (χ0n) is 51.8. The summed E-state index contributed by atoms with van der Waals surface area (Å²) in [5.74, 6) is -2.02. The highest BCUT2D eigenvalue weighted by atomic mass is 16.7. The Labute approximate surface area is 486 Å². The number of unbranched alkanes of at least 4 members (excludes halogenated alkanes) is 28. The third-order valence-corrected chi connectivity index (χ3v) is 13.8. The predicted molar refractivity (Wildman–Crippen MR) is 336 cm³/mol. The number of aliphatic carboxylic acids is 1. The Morgan fingerprint density at radius 3 is 1.09 bits per heavy atom. The number of ether oxygens (including phenoxy) is 4. The summed E-state index contributed by atoms with van der Waals surface area (Å²) in [5.41, 5.74) is 0. The van der Waals surface area contributed by atoms with Gasteiger partial charge in [-0.15, -0.1) is 0 Å². The highest BCUT2D eigenvalue weighted by Crippen LogP contribution is 2.16. The Kier molecular flexibility index (Phi) is 57.4. The fourth-order valence-corrected chi connectivity index (χ4v) is 8.87. The van der Waals surface area contributed by atoms with Crippen LogP contribution in [-0.4, -0.2) is 87.4 Å². The first kappa shape index (κ1) is 75.2. The van der Waals surface area contributed by atoms with Crippen molar-refractivity contribution in [1.29, 1.82) is 0 Å². The van der Waals surface area contributed by atoms with Crippen molar-refractivity contribution in [3.05, 3.63) is 97.2 Å². The van der Waals surface area contributed by atoms with Gasteiger partial charge in [0.2, 0.25) is 0 Å². The van der Waals surface area contributed by atoms with Crippen LogP contribution in [-0.2, 0) is 33.3 Å². The van der Waals surface area contributed by atoms with E-state index in [0.717, 1.165) is 89.9 Å². The fourth-order valence-electron chi connectivity index (χ4n) is 8.87. The van der Waals surface area contributed by atoms with E-state index in [0.29, 0.717) is 23.9 Å². The van der Waals surface area contributed by atoms with Crippen LogP contribution < -0.4 is 0 Å². The van der Waals surface area contributed by atoms with Gasteiger partial charge in [-0.1, -0.05) is 259 Å². The van der Waals surface area contributed by atoms with Crippen LogP contribution >= 0.6 is 0 Å². The molecule has 0 spiro atoms. The van der Waals surface area contributed by atoms with Crippen molar-refractivity contribution in [3.8, 4) is 0 Å². The van der Waals surface area contributed by atoms with Crippen LogP contribution in [0.1, 0.15) is 271 Å². The molecule has 0 fully saturated rings. The minimum atomic E-state index is -1.52. The molecule has 454 valence electrons. The zero-order chi connectivity index (χ0) is 57.6. The lowest BCUT2D eigenvalue weighted by Gasteiger charge is -2.25. The highest BCUT2D eigenvalue weighted by molar-refractivity contribution is 5.71. The Morgan fingerprint density at radius 1 is 0.392 bits per heavy atom. The van der Waals surface area contributed by atoms with Crippen molar-refractivity contribution in [2.75, 3.05) is 47.5 Å². The number of carboxylic acids is 1. The number of hydrogen-bond donors (Lipinski definition) is 1. The summed E-state index contributed by atoms with van der Waals surface area (Å²) in [6, 6.07) is 0. The van der Waals surface area contributed by atoms with E-state index < -0.39 is 24.3 Å². The number of hydrogen-bond acceptors (Lipinski definition) is 7. The first-order chi connectivity index (χ1) is 38.6. The minimum Gasteiger partial charge on any atom is -0.477 e.